The Bertz CT molecular complexity index is 654. The lowest BCUT2D eigenvalue weighted by molar-refractivity contribution is -0.152. The first-order valence-corrected chi connectivity index (χ1v) is 8.12. The van der Waals surface area contributed by atoms with Gasteiger partial charge in [0.15, 0.2) is 6.61 Å². The lowest BCUT2D eigenvalue weighted by atomic mass is 10.1. The summed E-state index contributed by atoms with van der Waals surface area (Å²) in [5, 5.41) is 2.65. The average Bonchev–Trinajstić information content (AvgIpc) is 2.89. The molecule has 0 bridgehead atoms. The quantitative estimate of drug-likeness (QED) is 0.833. The Morgan fingerprint density at radius 3 is 2.71 bits per heavy atom. The van der Waals surface area contributed by atoms with Crippen LogP contribution in [-0.2, 0) is 19.1 Å². The van der Waals surface area contributed by atoms with Crippen LogP contribution in [0.1, 0.15) is 31.4 Å². The summed E-state index contributed by atoms with van der Waals surface area (Å²) in [5.41, 5.74) is 2.95. The van der Waals surface area contributed by atoms with E-state index < -0.39 is 11.9 Å². The molecule has 0 saturated carbocycles. The summed E-state index contributed by atoms with van der Waals surface area (Å²) in [6.07, 6.45) is 0.109. The van der Waals surface area contributed by atoms with E-state index in [9.17, 15) is 14.4 Å². The van der Waals surface area contributed by atoms with Gasteiger partial charge in [-0.3, -0.25) is 14.4 Å². The highest BCUT2D eigenvalue weighted by Crippen LogP contribution is 2.29. The molecule has 2 amide bonds. The van der Waals surface area contributed by atoms with Crippen LogP contribution in [0.15, 0.2) is 18.2 Å². The highest BCUT2D eigenvalue weighted by Gasteiger charge is 2.36. The fourth-order valence-electron chi connectivity index (χ4n) is 2.74. The van der Waals surface area contributed by atoms with Crippen LogP contribution in [0.4, 0.5) is 5.69 Å². The van der Waals surface area contributed by atoms with Crippen molar-refractivity contribution >= 4 is 23.5 Å². The first-order chi connectivity index (χ1) is 11.3. The molecule has 0 unspecified atom stereocenters. The van der Waals surface area contributed by atoms with E-state index in [0.29, 0.717) is 0 Å². The molecular weight excluding hydrogens is 308 g/mol. The Labute approximate surface area is 142 Å². The van der Waals surface area contributed by atoms with Crippen molar-refractivity contribution in [3.63, 3.8) is 0 Å². The van der Waals surface area contributed by atoms with Crippen molar-refractivity contribution in [2.24, 2.45) is 5.92 Å². The Hall–Kier alpha value is -2.37. The third-order valence-corrected chi connectivity index (χ3v) is 4.12. The molecule has 0 aromatic heterocycles. The molecule has 0 aliphatic carbocycles. The van der Waals surface area contributed by atoms with Crippen LogP contribution in [0.25, 0.3) is 0 Å². The molecule has 1 atom stereocenters. The zero-order valence-corrected chi connectivity index (χ0v) is 14.6. The standard InChI is InChI=1S/C18H24N2O4/c1-11(2)19-16(21)10-24-18(23)14-8-17(22)20(9-14)15-7-5-6-12(3)13(15)4/h5-7,11,14H,8-10H2,1-4H3,(H,19,21)/t14-/m1/s1. The van der Waals surface area contributed by atoms with Crippen molar-refractivity contribution in [1.82, 2.24) is 5.32 Å². The number of anilines is 1. The van der Waals surface area contributed by atoms with Crippen LogP contribution in [0.3, 0.4) is 0 Å². The van der Waals surface area contributed by atoms with Gasteiger partial charge in [-0.1, -0.05) is 12.1 Å². The lowest BCUT2D eigenvalue weighted by Crippen LogP contribution is -2.35. The lowest BCUT2D eigenvalue weighted by Gasteiger charge is -2.20. The monoisotopic (exact) mass is 332 g/mol. The number of amides is 2. The molecule has 1 fully saturated rings. The van der Waals surface area contributed by atoms with Crippen LogP contribution < -0.4 is 10.2 Å². The number of hydrogen-bond donors (Lipinski definition) is 1. The zero-order chi connectivity index (χ0) is 17.9. The van der Waals surface area contributed by atoms with E-state index in [2.05, 4.69) is 5.32 Å². The number of aryl methyl sites for hydroxylation is 1. The number of nitrogens with zero attached hydrogens (tertiary/aromatic N) is 1. The number of carbonyl (C=O) groups excluding carboxylic acids is 3. The van der Waals surface area contributed by atoms with E-state index in [1.165, 1.54) is 0 Å². The van der Waals surface area contributed by atoms with Gasteiger partial charge in [-0.2, -0.15) is 0 Å². The molecule has 1 heterocycles. The molecule has 6 heteroatoms. The SMILES string of the molecule is Cc1cccc(N2C[C@H](C(=O)OCC(=O)NC(C)C)CC2=O)c1C. The largest absolute Gasteiger partial charge is 0.455 e. The first kappa shape index (κ1) is 18.0. The average molecular weight is 332 g/mol. The second kappa shape index (κ2) is 7.47. The normalized spacial score (nSPS) is 17.3. The first-order valence-electron chi connectivity index (χ1n) is 8.12. The number of nitrogens with one attached hydrogen (secondary N) is 1. The maximum Gasteiger partial charge on any atom is 0.311 e. The molecule has 1 N–H and O–H groups in total. The van der Waals surface area contributed by atoms with Gasteiger partial charge in [0.25, 0.3) is 5.91 Å². The Morgan fingerprint density at radius 2 is 2.04 bits per heavy atom. The van der Waals surface area contributed by atoms with Crippen LogP contribution in [0.5, 0.6) is 0 Å². The van der Waals surface area contributed by atoms with Crippen LogP contribution >= 0.6 is 0 Å². The van der Waals surface area contributed by atoms with Gasteiger partial charge in [0.2, 0.25) is 5.91 Å². The van der Waals surface area contributed by atoms with Crippen molar-refractivity contribution in [3.05, 3.63) is 29.3 Å². The summed E-state index contributed by atoms with van der Waals surface area (Å²) in [6, 6.07) is 5.75. The second-order valence-electron chi connectivity index (χ2n) is 6.45. The molecule has 6 nitrogen and oxygen atoms in total. The van der Waals surface area contributed by atoms with Crippen molar-refractivity contribution in [3.8, 4) is 0 Å². The minimum Gasteiger partial charge on any atom is -0.455 e. The van der Waals surface area contributed by atoms with Crippen LogP contribution in [0.2, 0.25) is 0 Å². The predicted molar refractivity (Wildman–Crippen MR) is 90.6 cm³/mol. The number of rotatable bonds is 5. The van der Waals surface area contributed by atoms with Crippen molar-refractivity contribution < 1.29 is 19.1 Å². The van der Waals surface area contributed by atoms with Gasteiger partial charge in [0.1, 0.15) is 0 Å². The number of ether oxygens (including phenoxy) is 1. The number of esters is 1. The van der Waals surface area contributed by atoms with Gasteiger partial charge in [0, 0.05) is 24.7 Å². The van der Waals surface area contributed by atoms with Crippen molar-refractivity contribution in [2.75, 3.05) is 18.1 Å². The van der Waals surface area contributed by atoms with Gasteiger partial charge in [-0.05, 0) is 44.9 Å². The fraction of sp³-hybridized carbons (Fsp3) is 0.500. The summed E-state index contributed by atoms with van der Waals surface area (Å²) >= 11 is 0. The molecule has 1 aliphatic heterocycles. The summed E-state index contributed by atoms with van der Waals surface area (Å²) in [7, 11) is 0. The van der Waals surface area contributed by atoms with E-state index in [-0.39, 0.29) is 37.4 Å². The number of carbonyl (C=O) groups is 3. The fourth-order valence-corrected chi connectivity index (χ4v) is 2.74. The van der Waals surface area contributed by atoms with Gasteiger partial charge in [-0.25, -0.2) is 0 Å². The third-order valence-electron chi connectivity index (χ3n) is 4.12. The minimum atomic E-state index is -0.538. The highest BCUT2D eigenvalue weighted by molar-refractivity contribution is 6.00. The van der Waals surface area contributed by atoms with E-state index in [1.54, 1.807) is 4.90 Å². The van der Waals surface area contributed by atoms with E-state index >= 15 is 0 Å². The molecular formula is C18H24N2O4. The highest BCUT2D eigenvalue weighted by atomic mass is 16.5. The number of benzene rings is 1. The second-order valence-corrected chi connectivity index (χ2v) is 6.45. The van der Waals surface area contributed by atoms with Crippen LogP contribution in [0, 0.1) is 19.8 Å². The Balaban J connectivity index is 1.98. The molecule has 1 aromatic rings. The van der Waals surface area contributed by atoms with E-state index in [0.717, 1.165) is 16.8 Å². The third kappa shape index (κ3) is 4.13. The molecule has 2 rings (SSSR count). The van der Waals surface area contributed by atoms with Gasteiger partial charge in [-0.15, -0.1) is 0 Å². The summed E-state index contributed by atoms with van der Waals surface area (Å²) in [4.78, 5) is 37.6. The molecule has 1 aliphatic rings. The van der Waals surface area contributed by atoms with Gasteiger partial charge < -0.3 is 15.0 Å². The molecule has 24 heavy (non-hydrogen) atoms. The molecule has 1 saturated heterocycles. The maximum absolute atomic E-state index is 12.3. The molecule has 1 aromatic carbocycles. The Kier molecular flexibility index (Phi) is 5.59. The molecule has 0 spiro atoms. The van der Waals surface area contributed by atoms with Gasteiger partial charge >= 0.3 is 5.97 Å². The Morgan fingerprint density at radius 1 is 1.33 bits per heavy atom. The molecule has 130 valence electrons. The zero-order valence-electron chi connectivity index (χ0n) is 14.6. The maximum atomic E-state index is 12.3. The van der Waals surface area contributed by atoms with E-state index in [1.807, 2.05) is 45.9 Å². The van der Waals surface area contributed by atoms with Crippen molar-refractivity contribution in [2.45, 2.75) is 40.2 Å². The molecule has 0 radical (unpaired) electrons. The summed E-state index contributed by atoms with van der Waals surface area (Å²) in [5.74, 6) is -1.48. The summed E-state index contributed by atoms with van der Waals surface area (Å²) < 4.78 is 5.05. The number of hydrogen-bond acceptors (Lipinski definition) is 4. The smallest absolute Gasteiger partial charge is 0.311 e. The van der Waals surface area contributed by atoms with Crippen molar-refractivity contribution in [1.29, 1.82) is 0 Å². The van der Waals surface area contributed by atoms with Crippen LogP contribution in [-0.4, -0.2) is 37.0 Å². The summed E-state index contributed by atoms with van der Waals surface area (Å²) in [6.45, 7) is 7.58. The topological polar surface area (TPSA) is 75.7 Å². The van der Waals surface area contributed by atoms with Gasteiger partial charge in [0.05, 0.1) is 5.92 Å². The van der Waals surface area contributed by atoms with E-state index in [4.69, 9.17) is 4.74 Å². The predicted octanol–water partition coefficient (Wildman–Crippen LogP) is 1.72. The minimum absolute atomic E-state index is 0.0101.